The number of ketones is 1. The summed E-state index contributed by atoms with van der Waals surface area (Å²) in [5.74, 6) is 0.00712. The number of rotatable bonds is 1. The van der Waals surface area contributed by atoms with Crippen LogP contribution in [0.2, 0.25) is 0 Å². The van der Waals surface area contributed by atoms with Gasteiger partial charge in [0.05, 0.1) is 17.0 Å². The van der Waals surface area contributed by atoms with Crippen LogP contribution in [-0.2, 0) is 23.7 Å². The minimum Gasteiger partial charge on any atom is -0.293 e. The van der Waals surface area contributed by atoms with E-state index in [1.54, 1.807) is 12.4 Å². The van der Waals surface area contributed by atoms with E-state index in [2.05, 4.69) is 18.0 Å². The van der Waals surface area contributed by atoms with Crippen LogP contribution in [0.5, 0.6) is 0 Å². The summed E-state index contributed by atoms with van der Waals surface area (Å²) in [6.07, 6.45) is 7.26. The van der Waals surface area contributed by atoms with Gasteiger partial charge in [-0.3, -0.25) is 14.5 Å². The second-order valence-electron chi connectivity index (χ2n) is 7.29. The maximum absolute atomic E-state index is 12.4. The van der Waals surface area contributed by atoms with E-state index in [1.807, 2.05) is 36.9 Å². The van der Waals surface area contributed by atoms with Crippen LogP contribution >= 0.6 is 0 Å². The maximum atomic E-state index is 12.4. The van der Waals surface area contributed by atoms with Crippen LogP contribution in [-0.4, -0.2) is 20.5 Å². The van der Waals surface area contributed by atoms with Gasteiger partial charge in [0.15, 0.2) is 5.78 Å². The van der Waals surface area contributed by atoms with Crippen LogP contribution in [0.15, 0.2) is 36.2 Å². The second-order valence-corrected chi connectivity index (χ2v) is 7.29. The van der Waals surface area contributed by atoms with Crippen molar-refractivity contribution in [3.63, 3.8) is 0 Å². The zero-order valence-corrected chi connectivity index (χ0v) is 14.7. The molecule has 5 heteroatoms. The Kier molecular flexibility index (Phi) is 3.40. The molecule has 0 unspecified atom stereocenters. The fraction of sp³-hybridized carbons (Fsp3) is 0.400. The summed E-state index contributed by atoms with van der Waals surface area (Å²) < 4.78 is 1.93. The smallest absolute Gasteiger partial charge is 0.176 e. The highest BCUT2D eigenvalue weighted by Crippen LogP contribution is 2.50. The van der Waals surface area contributed by atoms with E-state index in [0.29, 0.717) is 0 Å². The fourth-order valence-corrected chi connectivity index (χ4v) is 4.71. The third kappa shape index (κ3) is 2.10. The van der Waals surface area contributed by atoms with Crippen molar-refractivity contribution in [1.29, 1.82) is 5.26 Å². The molecular weight excluding hydrogens is 312 g/mol. The molecule has 2 aromatic heterocycles. The van der Waals surface area contributed by atoms with Gasteiger partial charge < -0.3 is 0 Å². The number of hydrogen-bond acceptors (Lipinski definition) is 4. The van der Waals surface area contributed by atoms with Gasteiger partial charge in [-0.05, 0) is 30.9 Å². The van der Waals surface area contributed by atoms with Gasteiger partial charge in [-0.15, -0.1) is 0 Å². The number of allylic oxidation sites excluding steroid dienone is 2. The van der Waals surface area contributed by atoms with Gasteiger partial charge in [-0.1, -0.05) is 19.9 Å². The first-order valence-corrected chi connectivity index (χ1v) is 8.61. The molecule has 0 radical (unpaired) electrons. The lowest BCUT2D eigenvalue weighted by atomic mass is 9.58. The van der Waals surface area contributed by atoms with E-state index >= 15 is 0 Å². The predicted molar refractivity (Wildman–Crippen MR) is 93.5 cm³/mol. The largest absolute Gasteiger partial charge is 0.293 e. The molecule has 0 aromatic carbocycles. The van der Waals surface area contributed by atoms with E-state index in [0.717, 1.165) is 29.8 Å². The number of nitrogens with zero attached hydrogens (tertiary/aromatic N) is 4. The quantitative estimate of drug-likeness (QED) is 0.805. The highest BCUT2D eigenvalue weighted by molar-refractivity contribution is 6.02. The Morgan fingerprint density at radius 3 is 2.76 bits per heavy atom. The van der Waals surface area contributed by atoms with Gasteiger partial charge in [0.1, 0.15) is 6.07 Å². The van der Waals surface area contributed by atoms with Crippen molar-refractivity contribution in [1.82, 2.24) is 14.8 Å². The Hall–Kier alpha value is -2.74. The molecule has 2 aliphatic rings. The molecule has 2 aromatic rings. The van der Waals surface area contributed by atoms with Crippen LogP contribution in [0.3, 0.4) is 0 Å². The second kappa shape index (κ2) is 5.38. The minimum atomic E-state index is -0.380. The average Bonchev–Trinajstić information content (AvgIpc) is 2.96. The van der Waals surface area contributed by atoms with E-state index in [9.17, 15) is 10.1 Å². The molecular formula is C20H20N4O. The number of fused-ring (bicyclic) bond motifs is 3. The summed E-state index contributed by atoms with van der Waals surface area (Å²) in [5, 5.41) is 14.2. The van der Waals surface area contributed by atoms with Crippen molar-refractivity contribution in [2.75, 3.05) is 0 Å². The minimum absolute atomic E-state index is 0.0290. The van der Waals surface area contributed by atoms with Crippen molar-refractivity contribution in [3.8, 4) is 17.3 Å². The molecule has 0 N–H and O–H groups in total. The number of aryl methyl sites for hydroxylation is 1. The van der Waals surface area contributed by atoms with Gasteiger partial charge in [0, 0.05) is 41.9 Å². The number of hydrogen-bond donors (Lipinski definition) is 0. The fourth-order valence-electron chi connectivity index (χ4n) is 4.71. The number of pyridine rings is 1. The van der Waals surface area contributed by atoms with Crippen LogP contribution in [0, 0.1) is 23.2 Å². The summed E-state index contributed by atoms with van der Waals surface area (Å²) in [6, 6.07) is 6.09. The molecule has 0 amide bonds. The van der Waals surface area contributed by atoms with Crippen LogP contribution in [0.1, 0.15) is 31.5 Å². The van der Waals surface area contributed by atoms with Gasteiger partial charge >= 0.3 is 0 Å². The van der Waals surface area contributed by atoms with E-state index in [4.69, 9.17) is 5.10 Å². The molecule has 0 saturated carbocycles. The van der Waals surface area contributed by atoms with Crippen molar-refractivity contribution in [2.45, 2.75) is 32.1 Å². The summed E-state index contributed by atoms with van der Waals surface area (Å²) in [4.78, 5) is 16.5. The van der Waals surface area contributed by atoms with Gasteiger partial charge in [0.25, 0.3) is 0 Å². The van der Waals surface area contributed by atoms with Crippen molar-refractivity contribution >= 4 is 5.78 Å². The Bertz CT molecular complexity index is 935. The molecule has 3 atom stereocenters. The van der Waals surface area contributed by atoms with Gasteiger partial charge in [0.2, 0.25) is 0 Å². The number of carbonyl (C=O) groups excluding carboxylic acids is 1. The Morgan fingerprint density at radius 2 is 2.08 bits per heavy atom. The molecule has 0 bridgehead atoms. The molecule has 0 saturated heterocycles. The highest BCUT2D eigenvalue weighted by Gasteiger charge is 2.50. The van der Waals surface area contributed by atoms with E-state index in [-0.39, 0.29) is 28.6 Å². The Morgan fingerprint density at radius 1 is 1.36 bits per heavy atom. The third-order valence-corrected chi connectivity index (χ3v) is 5.93. The summed E-state index contributed by atoms with van der Waals surface area (Å²) in [5.41, 5.74) is 4.32. The monoisotopic (exact) mass is 332 g/mol. The number of carbonyl (C=O) groups is 1. The maximum Gasteiger partial charge on any atom is 0.176 e. The molecule has 2 heterocycles. The molecule has 126 valence electrons. The molecule has 4 rings (SSSR count). The Balaban J connectivity index is 1.94. The van der Waals surface area contributed by atoms with Crippen molar-refractivity contribution in [3.05, 3.63) is 47.4 Å². The van der Waals surface area contributed by atoms with Crippen LogP contribution in [0.25, 0.3) is 11.3 Å². The summed E-state index contributed by atoms with van der Waals surface area (Å²) in [7, 11) is 1.96. The highest BCUT2D eigenvalue weighted by atomic mass is 16.1. The average molecular weight is 332 g/mol. The van der Waals surface area contributed by atoms with Crippen molar-refractivity contribution in [2.24, 2.45) is 18.9 Å². The number of nitriles is 1. The van der Waals surface area contributed by atoms with E-state index in [1.165, 1.54) is 5.56 Å². The molecule has 2 aliphatic carbocycles. The van der Waals surface area contributed by atoms with Crippen LogP contribution < -0.4 is 0 Å². The molecule has 0 fully saturated rings. The molecule has 0 aliphatic heterocycles. The Labute approximate surface area is 147 Å². The summed E-state index contributed by atoms with van der Waals surface area (Å²) >= 11 is 0. The third-order valence-electron chi connectivity index (χ3n) is 5.93. The predicted octanol–water partition coefficient (Wildman–Crippen LogP) is 2.97. The lowest BCUT2D eigenvalue weighted by Crippen LogP contribution is -2.45. The first-order chi connectivity index (χ1) is 12.0. The normalized spacial score (nSPS) is 27.9. The topological polar surface area (TPSA) is 71.6 Å². The van der Waals surface area contributed by atoms with E-state index < -0.39 is 0 Å². The first-order valence-electron chi connectivity index (χ1n) is 8.61. The van der Waals surface area contributed by atoms with Gasteiger partial charge in [-0.25, -0.2) is 0 Å². The zero-order valence-electron chi connectivity index (χ0n) is 14.7. The first kappa shape index (κ1) is 15.8. The van der Waals surface area contributed by atoms with Crippen LogP contribution in [0.4, 0.5) is 0 Å². The molecule has 5 nitrogen and oxygen atoms in total. The lowest BCUT2D eigenvalue weighted by molar-refractivity contribution is -0.121. The lowest BCUT2D eigenvalue weighted by Gasteiger charge is -2.44. The molecule has 0 spiro atoms. The zero-order chi connectivity index (χ0) is 17.8. The number of Topliss-reactive ketones (excluding diaryl/α,β-unsaturated/α-hetero) is 1. The standard InChI is InChI=1S/C20H20N4O/c1-12-16-5-4-15-17(13-6-8-22-9-7-13)24(3)23-19(15)20(16,2)10-14(11-21)18(12)25/h6-10,12,16H,4-5H2,1-3H3/t12-,16-,20-/m0/s1. The number of aromatic nitrogens is 3. The van der Waals surface area contributed by atoms with Crippen molar-refractivity contribution < 1.29 is 4.79 Å². The SMILES string of the molecule is C[C@@H]1C(=O)C(C#N)=C[C@]2(C)c3nn(C)c(-c4ccncc4)c3CC[C@@H]12. The van der Waals surface area contributed by atoms with Gasteiger partial charge in [-0.2, -0.15) is 10.4 Å². The summed E-state index contributed by atoms with van der Waals surface area (Å²) in [6.45, 7) is 4.08. The molecule has 25 heavy (non-hydrogen) atoms.